The molecule has 1 saturated heterocycles. The number of amides is 2. The topological polar surface area (TPSA) is 65.1 Å². The first-order valence-electron chi connectivity index (χ1n) is 12.3. The van der Waals surface area contributed by atoms with Gasteiger partial charge in [-0.2, -0.15) is 0 Å². The fraction of sp³-hybridized carbons (Fsp3) is 0.267. The van der Waals surface area contributed by atoms with Gasteiger partial charge in [-0.25, -0.2) is 0 Å². The molecule has 0 saturated carbocycles. The number of hydrogen-bond donors (Lipinski definition) is 0. The average molecular weight is 644 g/mol. The molecule has 1 heterocycles. The van der Waals surface area contributed by atoms with E-state index >= 15 is 0 Å². The van der Waals surface area contributed by atoms with Crippen molar-refractivity contribution in [2.45, 2.75) is 33.3 Å². The number of halogens is 1. The molecule has 2 amide bonds. The molecule has 0 unspecified atom stereocenters. The van der Waals surface area contributed by atoms with Crippen molar-refractivity contribution in [1.82, 2.24) is 4.90 Å². The van der Waals surface area contributed by atoms with Crippen molar-refractivity contribution in [2.75, 3.05) is 20.3 Å². The molecule has 8 heteroatoms. The van der Waals surface area contributed by atoms with E-state index < -0.39 is 0 Å². The third-order valence-corrected chi connectivity index (χ3v) is 7.66. The molecule has 0 aromatic heterocycles. The molecule has 6 nitrogen and oxygen atoms in total. The van der Waals surface area contributed by atoms with Gasteiger partial charge in [0.15, 0.2) is 11.5 Å². The third kappa shape index (κ3) is 6.91. The van der Waals surface area contributed by atoms with Gasteiger partial charge < -0.3 is 14.2 Å². The first kappa shape index (κ1) is 28.0. The zero-order valence-electron chi connectivity index (χ0n) is 21.8. The molecule has 3 aromatic carbocycles. The van der Waals surface area contributed by atoms with Crippen LogP contribution in [0.4, 0.5) is 4.79 Å². The van der Waals surface area contributed by atoms with Crippen LogP contribution in [-0.2, 0) is 11.4 Å². The highest BCUT2D eigenvalue weighted by Gasteiger charge is 2.35. The second-order valence-electron chi connectivity index (χ2n) is 9.20. The van der Waals surface area contributed by atoms with Gasteiger partial charge in [0.1, 0.15) is 19.0 Å². The van der Waals surface area contributed by atoms with Gasteiger partial charge in [-0.05, 0) is 106 Å². The number of benzene rings is 3. The van der Waals surface area contributed by atoms with Gasteiger partial charge in [0.05, 0.1) is 18.6 Å². The van der Waals surface area contributed by atoms with Crippen molar-refractivity contribution in [3.8, 4) is 17.2 Å². The van der Waals surface area contributed by atoms with Crippen LogP contribution in [0, 0.1) is 10.5 Å². The van der Waals surface area contributed by atoms with Crippen molar-refractivity contribution in [3.05, 3.63) is 91.4 Å². The lowest BCUT2D eigenvalue weighted by Gasteiger charge is -2.17. The average Bonchev–Trinajstić information content (AvgIpc) is 3.16. The van der Waals surface area contributed by atoms with E-state index in [4.69, 9.17) is 14.2 Å². The van der Waals surface area contributed by atoms with Gasteiger partial charge in [0, 0.05) is 3.57 Å². The van der Waals surface area contributed by atoms with E-state index in [0.29, 0.717) is 28.9 Å². The smallest absolute Gasteiger partial charge is 0.293 e. The van der Waals surface area contributed by atoms with Crippen LogP contribution in [0.2, 0.25) is 0 Å². The van der Waals surface area contributed by atoms with Crippen molar-refractivity contribution in [1.29, 1.82) is 0 Å². The first-order valence-corrected chi connectivity index (χ1v) is 14.2. The highest BCUT2D eigenvalue weighted by Crippen LogP contribution is 2.35. The van der Waals surface area contributed by atoms with Gasteiger partial charge in [-0.15, -0.1) is 0 Å². The molecule has 198 valence electrons. The Balaban J connectivity index is 1.40. The van der Waals surface area contributed by atoms with Crippen molar-refractivity contribution >= 4 is 51.6 Å². The number of carbonyl (C=O) groups excluding carboxylic acids is 2. The number of carbonyl (C=O) groups is 2. The Kier molecular flexibility index (Phi) is 9.38. The zero-order valence-corrected chi connectivity index (χ0v) is 24.8. The maximum Gasteiger partial charge on any atom is 0.293 e. The molecule has 0 aliphatic carbocycles. The SMILES string of the molecule is COc1cc(/C=C2\SC(=O)N(CCOc3cc(C)ccc3C(C)C)C2=O)ccc1OCc1ccc(I)cc1. The number of imide groups is 1. The van der Waals surface area contributed by atoms with Crippen LogP contribution in [0.15, 0.2) is 65.6 Å². The van der Waals surface area contributed by atoms with Crippen LogP contribution in [0.3, 0.4) is 0 Å². The minimum absolute atomic E-state index is 0.183. The Morgan fingerprint density at radius 2 is 1.71 bits per heavy atom. The minimum atomic E-state index is -0.324. The lowest BCUT2D eigenvalue weighted by Crippen LogP contribution is -2.32. The number of thioether (sulfide) groups is 1. The van der Waals surface area contributed by atoms with Gasteiger partial charge in [0.2, 0.25) is 0 Å². The van der Waals surface area contributed by atoms with Crippen LogP contribution < -0.4 is 14.2 Å². The second kappa shape index (κ2) is 12.7. The van der Waals surface area contributed by atoms with Crippen LogP contribution in [0.5, 0.6) is 17.2 Å². The summed E-state index contributed by atoms with van der Waals surface area (Å²) < 4.78 is 18.6. The Morgan fingerprint density at radius 3 is 2.42 bits per heavy atom. The summed E-state index contributed by atoms with van der Waals surface area (Å²) in [6.07, 6.45) is 1.70. The van der Waals surface area contributed by atoms with Gasteiger partial charge >= 0.3 is 0 Å². The number of aryl methyl sites for hydroxylation is 1. The van der Waals surface area contributed by atoms with Gasteiger partial charge in [0.25, 0.3) is 11.1 Å². The largest absolute Gasteiger partial charge is 0.493 e. The summed E-state index contributed by atoms with van der Waals surface area (Å²) in [5.74, 6) is 1.93. The van der Waals surface area contributed by atoms with Crippen LogP contribution >= 0.6 is 34.4 Å². The predicted octanol–water partition coefficient (Wildman–Crippen LogP) is 7.43. The first-order chi connectivity index (χ1) is 18.2. The molecular weight excluding hydrogens is 613 g/mol. The Labute approximate surface area is 241 Å². The Bertz CT molecular complexity index is 1350. The number of methoxy groups -OCH3 is 1. The van der Waals surface area contributed by atoms with E-state index in [1.165, 1.54) is 4.90 Å². The summed E-state index contributed by atoms with van der Waals surface area (Å²) in [6.45, 7) is 7.05. The van der Waals surface area contributed by atoms with Crippen molar-refractivity contribution in [3.63, 3.8) is 0 Å². The highest BCUT2D eigenvalue weighted by atomic mass is 127. The highest BCUT2D eigenvalue weighted by molar-refractivity contribution is 14.1. The molecule has 0 atom stereocenters. The summed E-state index contributed by atoms with van der Waals surface area (Å²) in [5, 5.41) is -0.303. The van der Waals surface area contributed by atoms with E-state index in [0.717, 1.165) is 43.3 Å². The quantitative estimate of drug-likeness (QED) is 0.169. The maximum absolute atomic E-state index is 13.0. The molecule has 1 aliphatic rings. The molecular formula is C30H30INO5S. The van der Waals surface area contributed by atoms with E-state index in [1.807, 2.05) is 49.4 Å². The van der Waals surface area contributed by atoms with E-state index in [2.05, 4.69) is 48.6 Å². The molecule has 1 fully saturated rings. The van der Waals surface area contributed by atoms with Gasteiger partial charge in [-0.1, -0.05) is 44.2 Å². The standard InChI is InChI=1S/C30H30INO5S/c1-19(2)24-11-5-20(3)15-26(24)36-14-13-32-29(33)28(38-30(32)34)17-22-8-12-25(27(16-22)35-4)37-18-21-6-9-23(31)10-7-21/h5-12,15-17,19H,13-14,18H2,1-4H3/b28-17-. The lowest BCUT2D eigenvalue weighted by atomic mass is 10.0. The summed E-state index contributed by atoms with van der Waals surface area (Å²) in [7, 11) is 1.57. The molecule has 4 rings (SSSR count). The van der Waals surface area contributed by atoms with Crippen molar-refractivity contribution in [2.24, 2.45) is 0 Å². The van der Waals surface area contributed by atoms with E-state index in [-0.39, 0.29) is 24.3 Å². The maximum atomic E-state index is 13.0. The zero-order chi connectivity index (χ0) is 27.2. The molecule has 38 heavy (non-hydrogen) atoms. The van der Waals surface area contributed by atoms with Crippen LogP contribution in [-0.4, -0.2) is 36.3 Å². The summed E-state index contributed by atoms with van der Waals surface area (Å²) in [4.78, 5) is 27.2. The van der Waals surface area contributed by atoms with Crippen molar-refractivity contribution < 1.29 is 23.8 Å². The van der Waals surface area contributed by atoms with Crippen LogP contribution in [0.1, 0.15) is 42.0 Å². The molecule has 0 radical (unpaired) electrons. The molecule has 1 aliphatic heterocycles. The molecule has 3 aromatic rings. The molecule has 0 N–H and O–H groups in total. The third-order valence-electron chi connectivity index (χ3n) is 6.03. The molecule has 0 spiro atoms. The van der Waals surface area contributed by atoms with Gasteiger partial charge in [-0.3, -0.25) is 14.5 Å². The minimum Gasteiger partial charge on any atom is -0.493 e. The van der Waals surface area contributed by atoms with E-state index in [9.17, 15) is 9.59 Å². The molecule has 0 bridgehead atoms. The fourth-order valence-electron chi connectivity index (χ4n) is 3.97. The second-order valence-corrected chi connectivity index (χ2v) is 11.4. The van der Waals surface area contributed by atoms with E-state index in [1.54, 1.807) is 19.3 Å². The Hall–Kier alpha value is -2.98. The normalized spacial score (nSPS) is 14.5. The summed E-state index contributed by atoms with van der Waals surface area (Å²) in [5.41, 5.74) is 3.99. The number of rotatable bonds is 10. The number of nitrogens with zero attached hydrogens (tertiary/aromatic N) is 1. The lowest BCUT2D eigenvalue weighted by molar-refractivity contribution is -0.123. The Morgan fingerprint density at radius 1 is 0.947 bits per heavy atom. The fourth-order valence-corrected chi connectivity index (χ4v) is 5.19. The monoisotopic (exact) mass is 643 g/mol. The number of ether oxygens (including phenoxy) is 3. The van der Waals surface area contributed by atoms with Crippen LogP contribution in [0.25, 0.3) is 6.08 Å². The number of hydrogen-bond acceptors (Lipinski definition) is 6. The summed E-state index contributed by atoms with van der Waals surface area (Å²) >= 11 is 3.20. The summed E-state index contributed by atoms with van der Waals surface area (Å²) in [6, 6.07) is 19.7. The predicted molar refractivity (Wildman–Crippen MR) is 160 cm³/mol.